The van der Waals surface area contributed by atoms with Crippen LogP contribution >= 0.6 is 11.6 Å². The fourth-order valence-corrected chi connectivity index (χ4v) is 2.51. The van der Waals surface area contributed by atoms with Crippen molar-refractivity contribution in [2.24, 2.45) is 0 Å². The predicted molar refractivity (Wildman–Crippen MR) is 92.8 cm³/mol. The van der Waals surface area contributed by atoms with Gasteiger partial charge in [0.05, 0.1) is 5.02 Å². The molecule has 24 heavy (non-hydrogen) atoms. The van der Waals surface area contributed by atoms with Gasteiger partial charge in [0.25, 0.3) is 0 Å². The maximum atomic E-state index is 12.1. The Hall–Kier alpha value is -2.72. The Labute approximate surface area is 144 Å². The quantitative estimate of drug-likeness (QED) is 0.550. The Morgan fingerprint density at radius 1 is 0.958 bits per heavy atom. The van der Waals surface area contributed by atoms with Crippen LogP contribution in [0.4, 0.5) is 0 Å². The number of carbonyl (C=O) groups excluding carboxylic acids is 1. The highest BCUT2D eigenvalue weighted by Crippen LogP contribution is 2.26. The molecule has 0 atom stereocenters. The molecule has 0 spiro atoms. The number of aromatic hydroxyl groups is 1. The molecule has 4 nitrogen and oxygen atoms in total. The van der Waals surface area contributed by atoms with Crippen molar-refractivity contribution < 1.29 is 19.4 Å². The Morgan fingerprint density at radius 3 is 2.38 bits per heavy atom. The molecule has 0 fully saturated rings. The maximum Gasteiger partial charge on any atom is 0.342 e. The Morgan fingerprint density at radius 2 is 1.62 bits per heavy atom. The number of rotatable bonds is 5. The van der Waals surface area contributed by atoms with Crippen molar-refractivity contribution in [2.75, 3.05) is 13.2 Å². The van der Waals surface area contributed by atoms with Crippen molar-refractivity contribution >= 4 is 28.3 Å². The van der Waals surface area contributed by atoms with Crippen LogP contribution in [0, 0.1) is 0 Å². The molecule has 3 aromatic rings. The van der Waals surface area contributed by atoms with E-state index in [-0.39, 0.29) is 24.5 Å². The highest BCUT2D eigenvalue weighted by molar-refractivity contribution is 6.32. The summed E-state index contributed by atoms with van der Waals surface area (Å²) in [6.45, 7) is 0.222. The van der Waals surface area contributed by atoms with Gasteiger partial charge >= 0.3 is 5.97 Å². The SMILES string of the molecule is O=C(OCCOc1ccccc1Cl)c1cc2ccccc2cc1O. The Balaban J connectivity index is 1.61. The molecule has 0 amide bonds. The minimum Gasteiger partial charge on any atom is -0.507 e. The molecule has 5 heteroatoms. The van der Waals surface area contributed by atoms with E-state index >= 15 is 0 Å². The van der Waals surface area contributed by atoms with E-state index in [4.69, 9.17) is 21.1 Å². The van der Waals surface area contributed by atoms with Gasteiger partial charge < -0.3 is 14.6 Å². The molecular formula is C19H15ClO4. The highest BCUT2D eigenvalue weighted by Gasteiger charge is 2.14. The van der Waals surface area contributed by atoms with Crippen LogP contribution < -0.4 is 4.74 Å². The molecule has 0 radical (unpaired) electrons. The van der Waals surface area contributed by atoms with Crippen LogP contribution in [0.25, 0.3) is 10.8 Å². The van der Waals surface area contributed by atoms with Gasteiger partial charge in [0.15, 0.2) is 0 Å². The summed E-state index contributed by atoms with van der Waals surface area (Å²) in [4.78, 5) is 12.1. The third-order valence-corrected chi connectivity index (χ3v) is 3.81. The zero-order valence-electron chi connectivity index (χ0n) is 12.7. The molecule has 0 bridgehead atoms. The van der Waals surface area contributed by atoms with Crippen molar-refractivity contribution in [2.45, 2.75) is 0 Å². The van der Waals surface area contributed by atoms with Crippen molar-refractivity contribution in [3.8, 4) is 11.5 Å². The molecule has 0 heterocycles. The standard InChI is InChI=1S/C19H15ClO4/c20-16-7-3-4-8-18(16)23-9-10-24-19(22)15-11-13-5-1-2-6-14(13)12-17(15)21/h1-8,11-12,21H,9-10H2. The van der Waals surface area contributed by atoms with Crippen LogP contribution in [0.15, 0.2) is 60.7 Å². The molecular weight excluding hydrogens is 328 g/mol. The lowest BCUT2D eigenvalue weighted by Gasteiger charge is -2.10. The Bertz CT molecular complexity index is 876. The molecule has 0 saturated carbocycles. The van der Waals surface area contributed by atoms with E-state index < -0.39 is 5.97 Å². The third-order valence-electron chi connectivity index (χ3n) is 3.49. The summed E-state index contributed by atoms with van der Waals surface area (Å²) >= 11 is 5.97. The molecule has 0 unspecified atom stereocenters. The van der Waals surface area contributed by atoms with E-state index in [0.29, 0.717) is 10.8 Å². The second kappa shape index (κ2) is 7.23. The van der Waals surface area contributed by atoms with Gasteiger partial charge in [-0.2, -0.15) is 0 Å². The van der Waals surface area contributed by atoms with Gasteiger partial charge in [-0.05, 0) is 35.0 Å². The summed E-state index contributed by atoms with van der Waals surface area (Å²) in [6, 6.07) is 17.7. The number of ether oxygens (including phenoxy) is 2. The molecule has 0 aromatic heterocycles. The average Bonchev–Trinajstić information content (AvgIpc) is 2.59. The Kier molecular flexibility index (Phi) is 4.87. The van der Waals surface area contributed by atoms with Gasteiger partial charge in [0, 0.05) is 0 Å². The number of benzene rings is 3. The largest absolute Gasteiger partial charge is 0.507 e. The fourth-order valence-electron chi connectivity index (χ4n) is 2.32. The summed E-state index contributed by atoms with van der Waals surface area (Å²) in [5, 5.41) is 12.2. The smallest absolute Gasteiger partial charge is 0.342 e. The number of phenolic OH excluding ortho intramolecular Hbond substituents is 1. The second-order valence-electron chi connectivity index (χ2n) is 5.13. The first-order valence-electron chi connectivity index (χ1n) is 7.41. The summed E-state index contributed by atoms with van der Waals surface area (Å²) < 4.78 is 10.6. The zero-order chi connectivity index (χ0) is 16.9. The number of halogens is 1. The average molecular weight is 343 g/mol. The van der Waals surface area contributed by atoms with Gasteiger partial charge in [-0.25, -0.2) is 4.79 Å². The van der Waals surface area contributed by atoms with Crippen LogP contribution in [0.2, 0.25) is 5.02 Å². The number of esters is 1. The number of fused-ring (bicyclic) bond motifs is 1. The van der Waals surface area contributed by atoms with Crippen LogP contribution in [0.3, 0.4) is 0 Å². The normalized spacial score (nSPS) is 10.5. The molecule has 3 aromatic carbocycles. The minimum absolute atomic E-state index is 0.0519. The van der Waals surface area contributed by atoms with E-state index in [2.05, 4.69) is 0 Å². The lowest BCUT2D eigenvalue weighted by atomic mass is 10.1. The monoisotopic (exact) mass is 342 g/mol. The molecule has 0 aliphatic carbocycles. The first-order valence-corrected chi connectivity index (χ1v) is 7.79. The van der Waals surface area contributed by atoms with E-state index in [1.807, 2.05) is 24.3 Å². The number of phenols is 1. The number of carbonyl (C=O) groups is 1. The summed E-state index contributed by atoms with van der Waals surface area (Å²) in [5.74, 6) is -0.171. The predicted octanol–water partition coefficient (Wildman–Crippen LogP) is 4.43. The van der Waals surface area contributed by atoms with Crippen LogP contribution in [-0.2, 0) is 4.74 Å². The summed E-state index contributed by atoms with van der Waals surface area (Å²) in [6.07, 6.45) is 0. The van der Waals surface area contributed by atoms with E-state index in [1.54, 1.807) is 36.4 Å². The number of para-hydroxylation sites is 1. The lowest BCUT2D eigenvalue weighted by Crippen LogP contribution is -2.12. The number of hydrogen-bond donors (Lipinski definition) is 1. The zero-order valence-corrected chi connectivity index (χ0v) is 13.5. The van der Waals surface area contributed by atoms with Crippen molar-refractivity contribution in [1.82, 2.24) is 0 Å². The van der Waals surface area contributed by atoms with Crippen molar-refractivity contribution in [1.29, 1.82) is 0 Å². The van der Waals surface area contributed by atoms with Gasteiger partial charge in [-0.15, -0.1) is 0 Å². The van der Waals surface area contributed by atoms with E-state index in [9.17, 15) is 9.90 Å². The van der Waals surface area contributed by atoms with E-state index in [1.165, 1.54) is 0 Å². The van der Waals surface area contributed by atoms with Crippen LogP contribution in [0.1, 0.15) is 10.4 Å². The van der Waals surface area contributed by atoms with Gasteiger partial charge in [-0.1, -0.05) is 48.0 Å². The maximum absolute atomic E-state index is 12.1. The molecule has 3 rings (SSSR count). The molecule has 0 aliphatic rings. The highest BCUT2D eigenvalue weighted by atomic mass is 35.5. The molecule has 122 valence electrons. The second-order valence-corrected chi connectivity index (χ2v) is 5.54. The summed E-state index contributed by atoms with van der Waals surface area (Å²) in [7, 11) is 0. The third kappa shape index (κ3) is 3.60. The van der Waals surface area contributed by atoms with Crippen LogP contribution in [-0.4, -0.2) is 24.3 Å². The lowest BCUT2D eigenvalue weighted by molar-refractivity contribution is 0.0447. The van der Waals surface area contributed by atoms with Crippen molar-refractivity contribution in [3.05, 3.63) is 71.2 Å². The van der Waals surface area contributed by atoms with Gasteiger partial charge in [0.2, 0.25) is 0 Å². The summed E-state index contributed by atoms with van der Waals surface area (Å²) in [5.41, 5.74) is 0.131. The minimum atomic E-state index is -0.596. The van der Waals surface area contributed by atoms with E-state index in [0.717, 1.165) is 10.8 Å². The number of hydrogen-bond acceptors (Lipinski definition) is 4. The topological polar surface area (TPSA) is 55.8 Å². The van der Waals surface area contributed by atoms with Crippen LogP contribution in [0.5, 0.6) is 11.5 Å². The molecule has 1 N–H and O–H groups in total. The molecule has 0 aliphatic heterocycles. The van der Waals surface area contributed by atoms with Gasteiger partial charge in [-0.3, -0.25) is 0 Å². The van der Waals surface area contributed by atoms with Crippen molar-refractivity contribution in [3.63, 3.8) is 0 Å². The molecule has 0 saturated heterocycles. The van der Waals surface area contributed by atoms with Gasteiger partial charge in [0.1, 0.15) is 30.3 Å². The first kappa shape index (κ1) is 16.1. The first-order chi connectivity index (χ1) is 11.6. The fraction of sp³-hybridized carbons (Fsp3) is 0.105.